The summed E-state index contributed by atoms with van der Waals surface area (Å²) in [4.78, 5) is 10.1. The summed E-state index contributed by atoms with van der Waals surface area (Å²) in [7, 11) is 0. The Morgan fingerprint density at radius 3 is 2.93 bits per heavy atom. The van der Waals surface area contributed by atoms with Gasteiger partial charge in [-0.3, -0.25) is 0 Å². The molecule has 0 saturated heterocycles. The highest BCUT2D eigenvalue weighted by molar-refractivity contribution is 5.35. The van der Waals surface area contributed by atoms with E-state index in [0.29, 0.717) is 12.0 Å². The molecule has 4 atom stereocenters. The summed E-state index contributed by atoms with van der Waals surface area (Å²) in [6.45, 7) is 3.43. The Balaban J connectivity index is 1.66. The molecule has 0 bridgehead atoms. The van der Waals surface area contributed by atoms with E-state index in [1.807, 2.05) is 0 Å². The van der Waals surface area contributed by atoms with Gasteiger partial charge in [-0.25, -0.2) is 0 Å². The number of nitrogens with zero attached hydrogens (tertiary/aromatic N) is 1. The maximum atomic E-state index is 10.1. The van der Waals surface area contributed by atoms with Crippen LogP contribution in [0.2, 0.25) is 0 Å². The third-order valence-corrected chi connectivity index (χ3v) is 4.99. The summed E-state index contributed by atoms with van der Waals surface area (Å²) in [5.41, 5.74) is 0.771. The molecule has 4 unspecified atom stereocenters. The summed E-state index contributed by atoms with van der Waals surface area (Å²) >= 11 is 0. The molecule has 0 aromatic carbocycles. The number of ether oxygens (including phenoxy) is 1. The van der Waals surface area contributed by atoms with E-state index in [9.17, 15) is 4.91 Å². The fourth-order valence-electron chi connectivity index (χ4n) is 4.38. The molecular formula is C11H17NO2. The predicted octanol–water partition coefficient (Wildman–Crippen LogP) is 2.35. The first kappa shape index (κ1) is 8.84. The van der Waals surface area contributed by atoms with Crippen molar-refractivity contribution < 1.29 is 4.74 Å². The van der Waals surface area contributed by atoms with Crippen LogP contribution in [0.15, 0.2) is 5.18 Å². The van der Waals surface area contributed by atoms with Crippen molar-refractivity contribution in [2.24, 2.45) is 22.4 Å². The minimum Gasteiger partial charge on any atom is -0.375 e. The predicted molar refractivity (Wildman–Crippen MR) is 52.9 cm³/mol. The molecule has 0 amide bonds. The minimum absolute atomic E-state index is 0.250. The molecule has 78 valence electrons. The van der Waals surface area contributed by atoms with E-state index >= 15 is 0 Å². The SMILES string of the molecule is CCOC12CCC13C(CCN=O)C3C2. The molecule has 14 heavy (non-hydrogen) atoms. The fraction of sp³-hybridized carbons (Fsp3) is 1.00. The van der Waals surface area contributed by atoms with Crippen LogP contribution in [0.5, 0.6) is 0 Å². The van der Waals surface area contributed by atoms with Gasteiger partial charge >= 0.3 is 0 Å². The highest BCUT2D eigenvalue weighted by Crippen LogP contribution is 2.87. The van der Waals surface area contributed by atoms with Crippen molar-refractivity contribution in [1.29, 1.82) is 0 Å². The third kappa shape index (κ3) is 0.712. The number of rotatable bonds is 5. The molecule has 3 nitrogen and oxygen atoms in total. The smallest absolute Gasteiger partial charge is 0.0814 e. The van der Waals surface area contributed by atoms with Gasteiger partial charge in [-0.1, -0.05) is 5.18 Å². The molecule has 3 fully saturated rings. The van der Waals surface area contributed by atoms with Crippen molar-refractivity contribution in [1.82, 2.24) is 0 Å². The van der Waals surface area contributed by atoms with E-state index < -0.39 is 0 Å². The lowest BCUT2D eigenvalue weighted by atomic mass is 9.54. The lowest BCUT2D eigenvalue weighted by molar-refractivity contribution is -0.217. The molecule has 0 N–H and O–H groups in total. The van der Waals surface area contributed by atoms with Crippen LogP contribution in [0.4, 0.5) is 0 Å². The van der Waals surface area contributed by atoms with Crippen LogP contribution >= 0.6 is 0 Å². The Labute approximate surface area is 84.2 Å². The first-order valence-electron chi connectivity index (χ1n) is 5.74. The van der Waals surface area contributed by atoms with Gasteiger partial charge in [0.25, 0.3) is 0 Å². The highest BCUT2D eigenvalue weighted by Gasteiger charge is 2.86. The van der Waals surface area contributed by atoms with E-state index in [-0.39, 0.29) is 5.60 Å². The summed E-state index contributed by atoms with van der Waals surface area (Å²) in [6.07, 6.45) is 4.84. The average Bonchev–Trinajstić information content (AvgIpc) is 2.80. The van der Waals surface area contributed by atoms with Crippen LogP contribution in [0, 0.1) is 22.2 Å². The monoisotopic (exact) mass is 195 g/mol. The van der Waals surface area contributed by atoms with Crippen LogP contribution in [-0.4, -0.2) is 18.8 Å². The molecule has 3 aliphatic carbocycles. The van der Waals surface area contributed by atoms with Crippen molar-refractivity contribution in [3.05, 3.63) is 4.91 Å². The lowest BCUT2D eigenvalue weighted by Crippen LogP contribution is -2.59. The van der Waals surface area contributed by atoms with Crippen molar-refractivity contribution >= 4 is 0 Å². The van der Waals surface area contributed by atoms with E-state index in [2.05, 4.69) is 12.1 Å². The Bertz CT molecular complexity index is 280. The van der Waals surface area contributed by atoms with Gasteiger partial charge in [0.2, 0.25) is 0 Å². The van der Waals surface area contributed by atoms with E-state index in [4.69, 9.17) is 4.74 Å². The van der Waals surface area contributed by atoms with Crippen LogP contribution in [0.1, 0.15) is 32.6 Å². The maximum Gasteiger partial charge on any atom is 0.0814 e. The molecule has 3 heteroatoms. The second-order valence-electron chi connectivity index (χ2n) is 5.03. The quantitative estimate of drug-likeness (QED) is 0.631. The Morgan fingerprint density at radius 2 is 2.36 bits per heavy atom. The van der Waals surface area contributed by atoms with Crippen LogP contribution in [-0.2, 0) is 4.74 Å². The molecule has 0 aromatic heterocycles. The van der Waals surface area contributed by atoms with E-state index in [1.54, 1.807) is 0 Å². The Kier molecular flexibility index (Phi) is 1.62. The molecule has 0 radical (unpaired) electrons. The van der Waals surface area contributed by atoms with Crippen LogP contribution in [0.3, 0.4) is 0 Å². The molecular weight excluding hydrogens is 178 g/mol. The molecule has 3 saturated carbocycles. The molecule has 0 aliphatic heterocycles. The van der Waals surface area contributed by atoms with E-state index in [1.165, 1.54) is 19.3 Å². The second kappa shape index (κ2) is 2.57. The van der Waals surface area contributed by atoms with Gasteiger partial charge < -0.3 is 4.74 Å². The molecule has 0 heterocycles. The van der Waals surface area contributed by atoms with Crippen molar-refractivity contribution in [3.8, 4) is 0 Å². The third-order valence-electron chi connectivity index (χ3n) is 4.99. The van der Waals surface area contributed by atoms with Gasteiger partial charge in [0.05, 0.1) is 12.1 Å². The zero-order valence-corrected chi connectivity index (χ0v) is 8.66. The average molecular weight is 195 g/mol. The van der Waals surface area contributed by atoms with Crippen molar-refractivity contribution in [3.63, 3.8) is 0 Å². The van der Waals surface area contributed by atoms with Gasteiger partial charge in [0.15, 0.2) is 0 Å². The van der Waals surface area contributed by atoms with Gasteiger partial charge in [0, 0.05) is 12.0 Å². The van der Waals surface area contributed by atoms with Crippen LogP contribution in [0.25, 0.3) is 0 Å². The standard InChI is InChI=1S/C11H17NO2/c1-2-14-10-4-5-11(10)8(3-6-12-13)9(11)7-10/h8-9H,2-7H2,1H3. The Morgan fingerprint density at radius 1 is 1.50 bits per heavy atom. The summed E-state index contributed by atoms with van der Waals surface area (Å²) in [6, 6.07) is 0. The summed E-state index contributed by atoms with van der Waals surface area (Å²) in [5.74, 6) is 1.64. The molecule has 3 rings (SSSR count). The summed E-state index contributed by atoms with van der Waals surface area (Å²) < 4.78 is 5.91. The van der Waals surface area contributed by atoms with Crippen LogP contribution < -0.4 is 0 Å². The highest BCUT2D eigenvalue weighted by atomic mass is 16.5. The summed E-state index contributed by atoms with van der Waals surface area (Å²) in [5, 5.41) is 2.97. The molecule has 3 aliphatic rings. The van der Waals surface area contributed by atoms with Gasteiger partial charge in [-0.2, -0.15) is 4.91 Å². The number of nitroso groups, excluding NO2 is 1. The lowest BCUT2D eigenvalue weighted by Gasteiger charge is -2.58. The fourth-order valence-corrected chi connectivity index (χ4v) is 4.38. The first-order valence-corrected chi connectivity index (χ1v) is 5.74. The van der Waals surface area contributed by atoms with Gasteiger partial charge in [-0.05, 0) is 44.4 Å². The first-order chi connectivity index (χ1) is 6.81. The molecule has 1 spiro atoms. The van der Waals surface area contributed by atoms with Gasteiger partial charge in [-0.15, -0.1) is 0 Å². The van der Waals surface area contributed by atoms with E-state index in [0.717, 1.165) is 24.9 Å². The topological polar surface area (TPSA) is 38.7 Å². The molecule has 0 aromatic rings. The second-order valence-corrected chi connectivity index (χ2v) is 5.03. The number of hydrogen-bond acceptors (Lipinski definition) is 3. The van der Waals surface area contributed by atoms with Crippen molar-refractivity contribution in [2.75, 3.05) is 13.2 Å². The normalized spacial score (nSPS) is 52.4. The Hall–Kier alpha value is -0.440. The largest absolute Gasteiger partial charge is 0.375 e. The van der Waals surface area contributed by atoms with Gasteiger partial charge in [0.1, 0.15) is 0 Å². The minimum atomic E-state index is 0.250. The zero-order valence-electron chi connectivity index (χ0n) is 8.66. The number of hydrogen-bond donors (Lipinski definition) is 0. The zero-order chi connectivity index (χ0) is 9.81. The maximum absolute atomic E-state index is 10.1. The van der Waals surface area contributed by atoms with Crippen molar-refractivity contribution in [2.45, 2.75) is 38.2 Å².